The predicted molar refractivity (Wildman–Crippen MR) is 140 cm³/mol. The molecule has 4 aromatic rings. The van der Waals surface area contributed by atoms with E-state index in [9.17, 15) is 14.9 Å². The average Bonchev–Trinajstić information content (AvgIpc) is 2.90. The number of halogens is 1. The normalized spacial score (nSPS) is 11.0. The predicted octanol–water partition coefficient (Wildman–Crippen LogP) is 6.40. The summed E-state index contributed by atoms with van der Waals surface area (Å²) in [6, 6.07) is 26.9. The molecule has 0 aliphatic heterocycles. The molecule has 36 heavy (non-hydrogen) atoms. The summed E-state index contributed by atoms with van der Waals surface area (Å²) < 4.78 is 10.8. The van der Waals surface area contributed by atoms with Crippen molar-refractivity contribution in [3.8, 4) is 11.8 Å². The lowest BCUT2D eigenvalue weighted by Crippen LogP contribution is -2.13. The number of benzene rings is 4. The Bertz CT molecular complexity index is 1500. The third-order valence-corrected chi connectivity index (χ3v) is 5.67. The number of hydrogen-bond donors (Lipinski definition) is 1. The zero-order valence-electron chi connectivity index (χ0n) is 19.3. The Hall–Kier alpha value is -4.60. The highest BCUT2D eigenvalue weighted by Gasteiger charge is 2.15. The SMILES string of the molecule is COC(=O)c1ccc(NC(=O)/C(C#N)=C/c2c(OCc3cccc(Cl)c3)ccc3ccccc23)cc1. The van der Waals surface area contributed by atoms with Gasteiger partial charge >= 0.3 is 5.97 Å². The van der Waals surface area contributed by atoms with E-state index < -0.39 is 11.9 Å². The molecule has 0 aliphatic carbocycles. The Kier molecular flexibility index (Phi) is 7.64. The number of carbonyl (C=O) groups excluding carboxylic acids is 2. The van der Waals surface area contributed by atoms with Crippen molar-refractivity contribution in [2.75, 3.05) is 12.4 Å². The quantitative estimate of drug-likeness (QED) is 0.181. The van der Waals surface area contributed by atoms with Crippen LogP contribution >= 0.6 is 11.6 Å². The standard InChI is InChI=1S/C29H21ClN2O4/c1-35-29(34)21-9-12-24(13-10-21)32-28(33)22(17-31)16-26-25-8-3-2-6-20(25)11-14-27(26)36-18-19-5-4-7-23(30)15-19/h2-16H,18H2,1H3,(H,32,33)/b22-16+. The third kappa shape index (κ3) is 5.72. The second-order valence-corrected chi connectivity index (χ2v) is 8.25. The highest BCUT2D eigenvalue weighted by Crippen LogP contribution is 2.31. The summed E-state index contributed by atoms with van der Waals surface area (Å²) in [6.07, 6.45) is 1.52. The highest BCUT2D eigenvalue weighted by molar-refractivity contribution is 6.30. The Morgan fingerprint density at radius 3 is 2.50 bits per heavy atom. The number of hydrogen-bond acceptors (Lipinski definition) is 5. The number of esters is 1. The molecule has 0 radical (unpaired) electrons. The van der Waals surface area contributed by atoms with Gasteiger partial charge in [-0.1, -0.05) is 54.1 Å². The Morgan fingerprint density at radius 2 is 1.78 bits per heavy atom. The topological polar surface area (TPSA) is 88.4 Å². The van der Waals surface area contributed by atoms with Crippen molar-refractivity contribution in [2.24, 2.45) is 0 Å². The maximum Gasteiger partial charge on any atom is 0.337 e. The van der Waals surface area contributed by atoms with Gasteiger partial charge in [-0.2, -0.15) is 5.26 Å². The first-order valence-electron chi connectivity index (χ1n) is 11.0. The smallest absolute Gasteiger partial charge is 0.337 e. The highest BCUT2D eigenvalue weighted by atomic mass is 35.5. The van der Waals surface area contributed by atoms with Crippen LogP contribution in [-0.4, -0.2) is 19.0 Å². The summed E-state index contributed by atoms with van der Waals surface area (Å²) in [5, 5.41) is 14.9. The van der Waals surface area contributed by atoms with Gasteiger partial charge in [-0.05, 0) is 64.9 Å². The van der Waals surface area contributed by atoms with Crippen molar-refractivity contribution in [1.29, 1.82) is 5.26 Å². The van der Waals surface area contributed by atoms with Gasteiger partial charge < -0.3 is 14.8 Å². The lowest BCUT2D eigenvalue weighted by Gasteiger charge is -2.13. The van der Waals surface area contributed by atoms with Gasteiger partial charge in [0.2, 0.25) is 0 Å². The summed E-state index contributed by atoms with van der Waals surface area (Å²) in [5.74, 6) is -0.541. The fourth-order valence-corrected chi connectivity index (χ4v) is 3.85. The van der Waals surface area contributed by atoms with Crippen LogP contribution in [0.2, 0.25) is 5.02 Å². The average molecular weight is 497 g/mol. The number of nitrogens with zero attached hydrogens (tertiary/aromatic N) is 1. The van der Waals surface area contributed by atoms with Gasteiger partial charge in [0.25, 0.3) is 5.91 Å². The van der Waals surface area contributed by atoms with Gasteiger partial charge in [-0.15, -0.1) is 0 Å². The van der Waals surface area contributed by atoms with Gasteiger partial charge in [0.15, 0.2) is 0 Å². The van der Waals surface area contributed by atoms with E-state index in [4.69, 9.17) is 16.3 Å². The number of methoxy groups -OCH3 is 1. The molecule has 0 heterocycles. The third-order valence-electron chi connectivity index (χ3n) is 5.43. The van der Waals surface area contributed by atoms with Crippen molar-refractivity contribution < 1.29 is 19.1 Å². The van der Waals surface area contributed by atoms with Crippen LogP contribution in [-0.2, 0) is 16.1 Å². The van der Waals surface area contributed by atoms with Crippen LogP contribution in [0, 0.1) is 11.3 Å². The number of anilines is 1. The van der Waals surface area contributed by atoms with Crippen molar-refractivity contribution >= 4 is 46.0 Å². The van der Waals surface area contributed by atoms with Crippen molar-refractivity contribution in [3.63, 3.8) is 0 Å². The first-order valence-corrected chi connectivity index (χ1v) is 11.4. The van der Waals surface area contributed by atoms with Gasteiger partial charge in [-0.3, -0.25) is 4.79 Å². The molecule has 6 nitrogen and oxygen atoms in total. The van der Waals surface area contributed by atoms with Crippen molar-refractivity contribution in [2.45, 2.75) is 6.61 Å². The fraction of sp³-hybridized carbons (Fsp3) is 0.0690. The lowest BCUT2D eigenvalue weighted by atomic mass is 10.0. The monoisotopic (exact) mass is 496 g/mol. The Balaban J connectivity index is 1.65. The molecular formula is C29H21ClN2O4. The van der Waals surface area contributed by atoms with E-state index in [1.54, 1.807) is 18.2 Å². The number of rotatable bonds is 7. The van der Waals surface area contributed by atoms with Crippen molar-refractivity contribution in [3.05, 3.63) is 112 Å². The van der Waals surface area contributed by atoms with E-state index in [-0.39, 0.29) is 12.2 Å². The van der Waals surface area contributed by atoms with E-state index in [0.717, 1.165) is 16.3 Å². The molecule has 1 N–H and O–H groups in total. The molecule has 0 saturated heterocycles. The number of fused-ring (bicyclic) bond motifs is 1. The van der Waals surface area contributed by atoms with Crippen LogP contribution < -0.4 is 10.1 Å². The number of nitriles is 1. The molecule has 0 spiro atoms. The van der Waals surface area contributed by atoms with Crippen LogP contribution in [0.1, 0.15) is 21.5 Å². The molecule has 1 amide bonds. The molecule has 178 valence electrons. The zero-order chi connectivity index (χ0) is 25.5. The molecule has 0 saturated carbocycles. The molecule has 0 bridgehead atoms. The second-order valence-electron chi connectivity index (χ2n) is 7.81. The molecular weight excluding hydrogens is 476 g/mol. The largest absolute Gasteiger partial charge is 0.488 e. The molecule has 0 unspecified atom stereocenters. The van der Waals surface area contributed by atoms with Crippen molar-refractivity contribution in [1.82, 2.24) is 0 Å². The number of amides is 1. The summed E-state index contributed by atoms with van der Waals surface area (Å²) in [5.41, 5.74) is 2.19. The van der Waals surface area contributed by atoms with Gasteiger partial charge in [0, 0.05) is 16.3 Å². The van der Waals surface area contributed by atoms with Gasteiger partial charge in [0.1, 0.15) is 24.0 Å². The van der Waals surface area contributed by atoms with Crippen LogP contribution in [0.15, 0.2) is 90.5 Å². The van der Waals surface area contributed by atoms with Crippen LogP contribution in [0.25, 0.3) is 16.8 Å². The minimum Gasteiger partial charge on any atom is -0.488 e. The van der Waals surface area contributed by atoms with Gasteiger partial charge in [-0.25, -0.2) is 4.79 Å². The van der Waals surface area contributed by atoms with E-state index in [2.05, 4.69) is 10.1 Å². The molecule has 4 rings (SSSR count). The molecule has 0 aromatic heterocycles. The molecule has 0 atom stereocenters. The summed E-state index contributed by atoms with van der Waals surface area (Å²) >= 11 is 6.09. The molecule has 0 fully saturated rings. The zero-order valence-corrected chi connectivity index (χ0v) is 20.1. The van der Waals surface area contributed by atoms with Gasteiger partial charge in [0.05, 0.1) is 12.7 Å². The number of nitrogens with one attached hydrogen (secondary N) is 1. The summed E-state index contributed by atoms with van der Waals surface area (Å²) in [6.45, 7) is 0.264. The summed E-state index contributed by atoms with van der Waals surface area (Å²) in [7, 11) is 1.29. The van der Waals surface area contributed by atoms with Crippen LogP contribution in [0.4, 0.5) is 5.69 Å². The Labute approximate surface area is 213 Å². The summed E-state index contributed by atoms with van der Waals surface area (Å²) in [4.78, 5) is 24.6. The number of carbonyl (C=O) groups is 2. The molecule has 7 heteroatoms. The molecule has 0 aliphatic rings. The molecule has 4 aromatic carbocycles. The lowest BCUT2D eigenvalue weighted by molar-refractivity contribution is -0.112. The van der Waals surface area contributed by atoms with E-state index in [1.807, 2.05) is 60.7 Å². The Morgan fingerprint density at radius 1 is 1.00 bits per heavy atom. The minimum atomic E-state index is -0.586. The number of ether oxygens (including phenoxy) is 2. The van der Waals surface area contributed by atoms with E-state index in [0.29, 0.717) is 27.6 Å². The van der Waals surface area contributed by atoms with Crippen LogP contribution in [0.5, 0.6) is 5.75 Å². The first kappa shape index (κ1) is 24.5. The maximum atomic E-state index is 12.9. The van der Waals surface area contributed by atoms with Crippen LogP contribution in [0.3, 0.4) is 0 Å². The first-order chi connectivity index (χ1) is 17.5. The minimum absolute atomic E-state index is 0.101. The maximum absolute atomic E-state index is 12.9. The second kappa shape index (κ2) is 11.2. The van der Waals surface area contributed by atoms with E-state index >= 15 is 0 Å². The van der Waals surface area contributed by atoms with E-state index in [1.165, 1.54) is 25.3 Å². The fourth-order valence-electron chi connectivity index (χ4n) is 3.64.